The van der Waals surface area contributed by atoms with Crippen molar-refractivity contribution in [3.05, 3.63) is 50.2 Å². The minimum Gasteiger partial charge on any atom is -0.497 e. The monoisotopic (exact) mass is 438 g/mol. The van der Waals surface area contributed by atoms with Crippen LogP contribution in [0.25, 0.3) is 21.4 Å². The second-order valence-electron chi connectivity index (χ2n) is 6.76. The number of methoxy groups -OCH3 is 1. The van der Waals surface area contributed by atoms with Gasteiger partial charge in [0.2, 0.25) is 0 Å². The average Bonchev–Trinajstić information content (AvgIpc) is 3.32. The summed E-state index contributed by atoms with van der Waals surface area (Å²) >= 11 is 1.31. The van der Waals surface area contributed by atoms with Crippen LogP contribution in [-0.2, 0) is 32.0 Å². The molecule has 0 N–H and O–H groups in total. The second-order valence-corrected chi connectivity index (χ2v) is 7.77. The maximum atomic E-state index is 12.8. The van der Waals surface area contributed by atoms with Crippen LogP contribution in [0.3, 0.4) is 0 Å². The van der Waals surface area contributed by atoms with Gasteiger partial charge in [0.15, 0.2) is 16.0 Å². The molecule has 0 saturated carbocycles. The van der Waals surface area contributed by atoms with Crippen LogP contribution in [0.5, 0.6) is 5.75 Å². The number of amides is 1. The molecule has 0 spiro atoms. The molecule has 10 nitrogen and oxygen atoms in total. The molecule has 0 aliphatic carbocycles. The molecule has 0 aliphatic rings. The van der Waals surface area contributed by atoms with Crippen molar-refractivity contribution in [1.29, 1.82) is 0 Å². The maximum absolute atomic E-state index is 12.8. The quantitative estimate of drug-likeness (QED) is 0.424. The number of thiazole rings is 1. The van der Waals surface area contributed by atoms with Gasteiger partial charge in [-0.05, 0) is 18.2 Å². The fourth-order valence-corrected chi connectivity index (χ4v) is 4.39. The molecular formula is C20H18N6O4S. The lowest BCUT2D eigenvalue weighted by molar-refractivity contribution is -0.118. The molecule has 0 bridgehead atoms. The third kappa shape index (κ3) is 3.36. The van der Waals surface area contributed by atoms with Crippen LogP contribution < -0.4 is 20.8 Å². The topological polar surface area (TPSA) is 105 Å². The molecule has 0 fully saturated rings. The van der Waals surface area contributed by atoms with E-state index < -0.39 is 17.2 Å². The average molecular weight is 438 g/mol. The summed E-state index contributed by atoms with van der Waals surface area (Å²) in [4.78, 5) is 46.2. The largest absolute Gasteiger partial charge is 0.497 e. The van der Waals surface area contributed by atoms with E-state index in [-0.39, 0.29) is 24.3 Å². The van der Waals surface area contributed by atoms with Crippen molar-refractivity contribution < 1.29 is 9.53 Å². The first-order chi connectivity index (χ1) is 14.8. The molecule has 1 aromatic carbocycles. The highest BCUT2D eigenvalue weighted by Gasteiger charge is 2.16. The molecule has 4 rings (SSSR count). The van der Waals surface area contributed by atoms with Crippen LogP contribution in [0.1, 0.15) is 0 Å². The van der Waals surface area contributed by atoms with Crippen LogP contribution in [0.15, 0.2) is 39.1 Å². The van der Waals surface area contributed by atoms with E-state index >= 15 is 0 Å². The molecule has 11 heteroatoms. The number of hydrogen-bond acceptors (Lipinski definition) is 6. The van der Waals surface area contributed by atoms with Gasteiger partial charge >= 0.3 is 5.69 Å². The van der Waals surface area contributed by atoms with E-state index in [1.807, 2.05) is 18.2 Å². The van der Waals surface area contributed by atoms with Gasteiger partial charge in [-0.3, -0.25) is 18.7 Å². The Balaban J connectivity index is 1.79. The Kier molecular flexibility index (Phi) is 5.08. The lowest BCUT2D eigenvalue weighted by Crippen LogP contribution is -2.37. The first kappa shape index (κ1) is 20.4. The molecule has 0 saturated heterocycles. The van der Waals surface area contributed by atoms with E-state index in [0.29, 0.717) is 10.6 Å². The van der Waals surface area contributed by atoms with Gasteiger partial charge in [0.1, 0.15) is 12.3 Å². The lowest BCUT2D eigenvalue weighted by Gasteiger charge is -2.05. The van der Waals surface area contributed by atoms with Crippen LogP contribution in [-0.4, -0.2) is 36.3 Å². The summed E-state index contributed by atoms with van der Waals surface area (Å²) in [6.07, 6.45) is 6.85. The fourth-order valence-electron chi connectivity index (χ4n) is 3.31. The van der Waals surface area contributed by atoms with Crippen LogP contribution in [0.4, 0.5) is 0 Å². The van der Waals surface area contributed by atoms with Crippen molar-refractivity contribution >= 4 is 38.6 Å². The maximum Gasteiger partial charge on any atom is 0.332 e. The SMILES string of the molecule is C#CCn1c(=NC(=O)Cn2cnc3c2c(=O)n(C)c(=O)n3C)sc2cc(OC)ccc21. The summed E-state index contributed by atoms with van der Waals surface area (Å²) < 4.78 is 11.5. The minimum absolute atomic E-state index is 0.158. The molecular weight excluding hydrogens is 420 g/mol. The van der Waals surface area contributed by atoms with Gasteiger partial charge in [-0.1, -0.05) is 17.3 Å². The van der Waals surface area contributed by atoms with Gasteiger partial charge in [-0.25, -0.2) is 9.78 Å². The molecule has 4 aromatic rings. The first-order valence-electron chi connectivity index (χ1n) is 9.15. The van der Waals surface area contributed by atoms with Gasteiger partial charge < -0.3 is 13.9 Å². The Labute approximate surface area is 179 Å². The number of carbonyl (C=O) groups excluding carboxylic acids is 1. The number of aromatic nitrogens is 5. The predicted octanol–water partition coefficient (Wildman–Crippen LogP) is 0.219. The van der Waals surface area contributed by atoms with Crippen molar-refractivity contribution in [3.8, 4) is 18.1 Å². The van der Waals surface area contributed by atoms with Crippen molar-refractivity contribution in [2.45, 2.75) is 13.1 Å². The van der Waals surface area contributed by atoms with E-state index in [2.05, 4.69) is 15.9 Å². The summed E-state index contributed by atoms with van der Waals surface area (Å²) in [5.74, 6) is 2.77. The summed E-state index contributed by atoms with van der Waals surface area (Å²) in [6.45, 7) is 0.0344. The first-order valence-corrected chi connectivity index (χ1v) is 9.96. The molecule has 0 radical (unpaired) electrons. The summed E-state index contributed by atoms with van der Waals surface area (Å²) in [6, 6.07) is 5.52. The van der Waals surface area contributed by atoms with Gasteiger partial charge in [0, 0.05) is 14.1 Å². The molecule has 0 atom stereocenters. The Morgan fingerprint density at radius 3 is 2.77 bits per heavy atom. The molecule has 3 aromatic heterocycles. The van der Waals surface area contributed by atoms with Crippen molar-refractivity contribution in [2.75, 3.05) is 7.11 Å². The van der Waals surface area contributed by atoms with E-state index in [1.54, 1.807) is 11.7 Å². The number of imidazole rings is 1. The van der Waals surface area contributed by atoms with Crippen LogP contribution in [0, 0.1) is 12.3 Å². The molecule has 158 valence electrons. The summed E-state index contributed by atoms with van der Waals surface area (Å²) in [5.41, 5.74) is 0.185. The summed E-state index contributed by atoms with van der Waals surface area (Å²) in [7, 11) is 4.47. The number of nitrogens with zero attached hydrogens (tertiary/aromatic N) is 6. The number of carbonyl (C=O) groups is 1. The molecule has 0 aliphatic heterocycles. The van der Waals surface area contributed by atoms with E-state index in [9.17, 15) is 14.4 Å². The van der Waals surface area contributed by atoms with Crippen LogP contribution in [0.2, 0.25) is 0 Å². The third-order valence-corrected chi connectivity index (χ3v) is 5.92. The lowest BCUT2D eigenvalue weighted by atomic mass is 10.3. The van der Waals surface area contributed by atoms with Crippen LogP contribution >= 0.6 is 11.3 Å². The van der Waals surface area contributed by atoms with Crippen molar-refractivity contribution in [2.24, 2.45) is 19.1 Å². The number of benzene rings is 1. The van der Waals surface area contributed by atoms with Crippen molar-refractivity contribution in [1.82, 2.24) is 23.3 Å². The zero-order valence-electron chi connectivity index (χ0n) is 17.0. The second kappa shape index (κ2) is 7.73. The zero-order chi connectivity index (χ0) is 22.3. The third-order valence-electron chi connectivity index (χ3n) is 4.88. The van der Waals surface area contributed by atoms with Gasteiger partial charge in [-0.2, -0.15) is 4.99 Å². The highest BCUT2D eigenvalue weighted by atomic mass is 32.1. The van der Waals surface area contributed by atoms with E-state index in [0.717, 1.165) is 14.8 Å². The van der Waals surface area contributed by atoms with Gasteiger partial charge in [0.05, 0.1) is 30.2 Å². The van der Waals surface area contributed by atoms with Gasteiger partial charge in [0.25, 0.3) is 11.5 Å². The number of ether oxygens (including phenoxy) is 1. The molecule has 1 amide bonds. The molecule has 31 heavy (non-hydrogen) atoms. The predicted molar refractivity (Wildman–Crippen MR) is 116 cm³/mol. The standard InChI is InChI=1S/C20H18N6O4S/c1-5-8-26-13-7-6-12(30-4)9-14(13)31-19(26)22-15(27)10-25-11-21-17-16(25)18(28)24(3)20(29)23(17)2/h1,6-7,9,11H,8,10H2,2-4H3. The highest BCUT2D eigenvalue weighted by molar-refractivity contribution is 7.16. The smallest absolute Gasteiger partial charge is 0.332 e. The van der Waals surface area contributed by atoms with E-state index in [4.69, 9.17) is 11.2 Å². The number of hydrogen-bond donors (Lipinski definition) is 0. The number of rotatable bonds is 4. The number of terminal acetylenes is 1. The van der Waals surface area contributed by atoms with Crippen molar-refractivity contribution in [3.63, 3.8) is 0 Å². The normalized spacial score (nSPS) is 11.9. The number of aryl methyl sites for hydroxylation is 1. The summed E-state index contributed by atoms with van der Waals surface area (Å²) in [5, 5.41) is 0. The molecule has 3 heterocycles. The Morgan fingerprint density at radius 2 is 2.06 bits per heavy atom. The molecule has 0 unspecified atom stereocenters. The minimum atomic E-state index is -0.528. The zero-order valence-corrected chi connectivity index (χ0v) is 17.8. The Morgan fingerprint density at radius 1 is 1.29 bits per heavy atom. The number of fused-ring (bicyclic) bond motifs is 2. The Bertz CT molecular complexity index is 1570. The highest BCUT2D eigenvalue weighted by Crippen LogP contribution is 2.23. The fraction of sp³-hybridized carbons (Fsp3) is 0.250. The van der Waals surface area contributed by atoms with Gasteiger partial charge in [-0.15, -0.1) is 6.42 Å². The Hall–Kier alpha value is -3.91. The van der Waals surface area contributed by atoms with E-state index in [1.165, 1.54) is 40.9 Å².